The Labute approximate surface area is 163 Å². The van der Waals surface area contributed by atoms with E-state index in [1.807, 2.05) is 0 Å². The maximum absolute atomic E-state index is 12.6. The van der Waals surface area contributed by atoms with Crippen molar-refractivity contribution in [2.75, 3.05) is 6.54 Å². The lowest BCUT2D eigenvalue weighted by molar-refractivity contribution is -0.274. The molecule has 2 atom stereocenters. The first-order chi connectivity index (χ1) is 13.2. The number of ether oxygens (including phenoxy) is 1. The van der Waals surface area contributed by atoms with Crippen molar-refractivity contribution in [2.45, 2.75) is 18.8 Å². The SMILES string of the molecule is O=C1C[C@H](C(=O)N[C@@H](c2ccc(OC(F)(F)F)cc2)c2cccc(Cl)c2)CN1. The molecule has 148 valence electrons. The Bertz CT molecular complexity index is 871. The number of amides is 2. The molecule has 0 aromatic heterocycles. The van der Waals surface area contributed by atoms with Crippen molar-refractivity contribution in [3.63, 3.8) is 0 Å². The first-order valence-electron chi connectivity index (χ1n) is 8.39. The van der Waals surface area contributed by atoms with Crippen molar-refractivity contribution in [1.29, 1.82) is 0 Å². The Morgan fingerprint density at radius 1 is 1.18 bits per heavy atom. The molecule has 0 bridgehead atoms. The molecule has 2 aromatic rings. The number of benzene rings is 2. The van der Waals surface area contributed by atoms with Crippen LogP contribution in [0.25, 0.3) is 0 Å². The number of hydrogen-bond donors (Lipinski definition) is 2. The summed E-state index contributed by atoms with van der Waals surface area (Å²) in [6.07, 6.45) is -4.70. The summed E-state index contributed by atoms with van der Waals surface area (Å²) >= 11 is 6.04. The molecular weight excluding hydrogens is 397 g/mol. The summed E-state index contributed by atoms with van der Waals surface area (Å²) in [5.41, 5.74) is 1.20. The van der Waals surface area contributed by atoms with Crippen LogP contribution in [0, 0.1) is 5.92 Å². The highest BCUT2D eigenvalue weighted by Gasteiger charge is 2.32. The summed E-state index contributed by atoms with van der Waals surface area (Å²) in [5.74, 6) is -1.41. The number of halogens is 4. The third-order valence-corrected chi connectivity index (χ3v) is 4.50. The van der Waals surface area contributed by atoms with E-state index < -0.39 is 18.3 Å². The van der Waals surface area contributed by atoms with Crippen molar-refractivity contribution < 1.29 is 27.5 Å². The highest BCUT2D eigenvalue weighted by atomic mass is 35.5. The van der Waals surface area contributed by atoms with Crippen molar-refractivity contribution in [2.24, 2.45) is 5.92 Å². The Kier molecular flexibility index (Phi) is 5.79. The second-order valence-electron chi connectivity index (χ2n) is 6.32. The van der Waals surface area contributed by atoms with E-state index in [0.717, 1.165) is 0 Å². The van der Waals surface area contributed by atoms with Gasteiger partial charge in [0.05, 0.1) is 12.0 Å². The predicted octanol–water partition coefficient (Wildman–Crippen LogP) is 3.58. The molecule has 0 radical (unpaired) electrons. The number of hydrogen-bond acceptors (Lipinski definition) is 3. The summed E-state index contributed by atoms with van der Waals surface area (Å²) < 4.78 is 41.0. The summed E-state index contributed by atoms with van der Waals surface area (Å²) in [6.45, 7) is 0.241. The molecule has 3 rings (SSSR count). The maximum atomic E-state index is 12.6. The Morgan fingerprint density at radius 3 is 2.46 bits per heavy atom. The average Bonchev–Trinajstić information content (AvgIpc) is 3.05. The summed E-state index contributed by atoms with van der Waals surface area (Å²) in [7, 11) is 0. The smallest absolute Gasteiger partial charge is 0.406 e. The lowest BCUT2D eigenvalue weighted by Crippen LogP contribution is -2.35. The van der Waals surface area contributed by atoms with Crippen LogP contribution in [0.15, 0.2) is 48.5 Å². The summed E-state index contributed by atoms with van der Waals surface area (Å²) in [4.78, 5) is 23.9. The van der Waals surface area contributed by atoms with Gasteiger partial charge in [-0.1, -0.05) is 35.9 Å². The zero-order valence-electron chi connectivity index (χ0n) is 14.4. The van der Waals surface area contributed by atoms with Crippen LogP contribution in [0.1, 0.15) is 23.6 Å². The third kappa shape index (κ3) is 5.16. The molecule has 2 aromatic carbocycles. The van der Waals surface area contributed by atoms with Crippen LogP contribution >= 0.6 is 11.6 Å². The van der Waals surface area contributed by atoms with Gasteiger partial charge in [0.1, 0.15) is 5.75 Å². The van der Waals surface area contributed by atoms with Crippen LogP contribution in [0.4, 0.5) is 13.2 Å². The van der Waals surface area contributed by atoms with Gasteiger partial charge >= 0.3 is 6.36 Å². The van der Waals surface area contributed by atoms with Gasteiger partial charge in [-0.15, -0.1) is 13.2 Å². The van der Waals surface area contributed by atoms with E-state index in [4.69, 9.17) is 11.6 Å². The quantitative estimate of drug-likeness (QED) is 0.788. The molecule has 0 spiro atoms. The molecule has 1 heterocycles. The Balaban J connectivity index is 1.86. The zero-order chi connectivity index (χ0) is 20.3. The molecule has 5 nitrogen and oxygen atoms in total. The van der Waals surface area contributed by atoms with E-state index in [1.54, 1.807) is 24.3 Å². The van der Waals surface area contributed by atoms with Gasteiger partial charge in [-0.05, 0) is 35.4 Å². The molecule has 1 aliphatic heterocycles. The van der Waals surface area contributed by atoms with Gasteiger partial charge in [0, 0.05) is 18.0 Å². The van der Waals surface area contributed by atoms with Crippen molar-refractivity contribution in [1.82, 2.24) is 10.6 Å². The first-order valence-corrected chi connectivity index (χ1v) is 8.77. The van der Waals surface area contributed by atoms with E-state index >= 15 is 0 Å². The predicted molar refractivity (Wildman–Crippen MR) is 95.7 cm³/mol. The van der Waals surface area contributed by atoms with E-state index in [-0.39, 0.29) is 30.5 Å². The second-order valence-corrected chi connectivity index (χ2v) is 6.76. The van der Waals surface area contributed by atoms with Gasteiger partial charge < -0.3 is 15.4 Å². The summed E-state index contributed by atoms with van der Waals surface area (Å²) in [6, 6.07) is 11.3. The number of nitrogens with one attached hydrogen (secondary N) is 2. The molecule has 0 unspecified atom stereocenters. The second kappa shape index (κ2) is 8.10. The van der Waals surface area contributed by atoms with Gasteiger partial charge in [-0.25, -0.2) is 0 Å². The minimum atomic E-state index is -4.79. The number of rotatable bonds is 5. The molecule has 0 saturated carbocycles. The molecule has 1 fully saturated rings. The molecule has 0 aliphatic carbocycles. The van der Waals surface area contributed by atoms with E-state index in [9.17, 15) is 22.8 Å². The van der Waals surface area contributed by atoms with Gasteiger partial charge in [0.25, 0.3) is 0 Å². The minimum Gasteiger partial charge on any atom is -0.406 e. The fourth-order valence-corrected chi connectivity index (χ4v) is 3.16. The van der Waals surface area contributed by atoms with Crippen LogP contribution in [-0.2, 0) is 9.59 Å². The van der Waals surface area contributed by atoms with E-state index in [1.165, 1.54) is 24.3 Å². The van der Waals surface area contributed by atoms with Gasteiger partial charge in [-0.3, -0.25) is 9.59 Å². The van der Waals surface area contributed by atoms with Crippen LogP contribution in [0.3, 0.4) is 0 Å². The zero-order valence-corrected chi connectivity index (χ0v) is 15.2. The normalized spacial score (nSPS) is 17.7. The third-order valence-electron chi connectivity index (χ3n) is 4.26. The van der Waals surface area contributed by atoms with Crippen molar-refractivity contribution in [3.8, 4) is 5.75 Å². The largest absolute Gasteiger partial charge is 0.573 e. The summed E-state index contributed by atoms with van der Waals surface area (Å²) in [5, 5.41) is 5.90. The molecule has 2 N–H and O–H groups in total. The van der Waals surface area contributed by atoms with Crippen LogP contribution < -0.4 is 15.4 Å². The molecule has 28 heavy (non-hydrogen) atoms. The van der Waals surface area contributed by atoms with Crippen LogP contribution in [0.5, 0.6) is 5.75 Å². The average molecular weight is 413 g/mol. The first kappa shape index (κ1) is 20.0. The van der Waals surface area contributed by atoms with E-state index in [0.29, 0.717) is 16.1 Å². The fourth-order valence-electron chi connectivity index (χ4n) is 2.96. The molecule has 1 saturated heterocycles. The molecule has 9 heteroatoms. The van der Waals surface area contributed by atoms with Gasteiger partial charge in [-0.2, -0.15) is 0 Å². The highest BCUT2D eigenvalue weighted by molar-refractivity contribution is 6.30. The Hall–Kier alpha value is -2.74. The number of alkyl halides is 3. The van der Waals surface area contributed by atoms with E-state index in [2.05, 4.69) is 15.4 Å². The number of carbonyl (C=O) groups excluding carboxylic acids is 2. The minimum absolute atomic E-state index is 0.0897. The standard InChI is InChI=1S/C19H16ClF3N2O3/c20-14-3-1-2-12(8-14)17(25-18(27)13-9-16(26)24-10-13)11-4-6-15(7-5-11)28-19(21,22)23/h1-8,13,17H,9-10H2,(H,24,26)(H,25,27)/t13-,17-/m0/s1. The van der Waals surface area contributed by atoms with Gasteiger partial charge in [0.15, 0.2) is 0 Å². The molecular formula is C19H16ClF3N2O3. The topological polar surface area (TPSA) is 67.4 Å². The van der Waals surface area contributed by atoms with Crippen LogP contribution in [0.2, 0.25) is 5.02 Å². The fraction of sp³-hybridized carbons (Fsp3) is 0.263. The van der Waals surface area contributed by atoms with Crippen molar-refractivity contribution in [3.05, 3.63) is 64.7 Å². The van der Waals surface area contributed by atoms with Gasteiger partial charge in [0.2, 0.25) is 11.8 Å². The Morgan fingerprint density at radius 2 is 1.89 bits per heavy atom. The highest BCUT2D eigenvalue weighted by Crippen LogP contribution is 2.29. The molecule has 2 amide bonds. The van der Waals surface area contributed by atoms with Crippen LogP contribution in [-0.4, -0.2) is 24.7 Å². The lowest BCUT2D eigenvalue weighted by Gasteiger charge is -2.22. The number of carbonyl (C=O) groups is 2. The van der Waals surface area contributed by atoms with Crippen molar-refractivity contribution >= 4 is 23.4 Å². The molecule has 1 aliphatic rings. The maximum Gasteiger partial charge on any atom is 0.573 e. The monoisotopic (exact) mass is 412 g/mol. The lowest BCUT2D eigenvalue weighted by atomic mass is 9.97.